The van der Waals surface area contributed by atoms with Crippen LogP contribution in [0.25, 0.3) is 0 Å². The Morgan fingerprint density at radius 1 is 1.40 bits per heavy atom. The molecule has 0 atom stereocenters. The van der Waals surface area contributed by atoms with Gasteiger partial charge in [0.05, 0.1) is 5.60 Å². The Morgan fingerprint density at radius 3 is 2.67 bits per heavy atom. The minimum Gasteiger partial charge on any atom is -0.385 e. The van der Waals surface area contributed by atoms with Crippen LogP contribution >= 0.6 is 0 Å². The Labute approximate surface area is 89.3 Å². The molecule has 1 saturated carbocycles. The van der Waals surface area contributed by atoms with E-state index >= 15 is 0 Å². The lowest BCUT2D eigenvalue weighted by atomic mass is 9.78. The highest BCUT2D eigenvalue weighted by Gasteiger charge is 2.35. The Hall–Kier alpha value is -1.13. The number of nitrogen functional groups attached to an aromatic ring is 1. The second kappa shape index (κ2) is 3.79. The van der Waals surface area contributed by atoms with Crippen molar-refractivity contribution >= 4 is 5.82 Å². The van der Waals surface area contributed by atoms with E-state index in [4.69, 9.17) is 11.5 Å². The van der Waals surface area contributed by atoms with Gasteiger partial charge in [0, 0.05) is 17.8 Å². The number of anilines is 1. The van der Waals surface area contributed by atoms with Crippen LogP contribution in [0, 0.1) is 0 Å². The number of hydrogen-bond donors (Lipinski definition) is 3. The van der Waals surface area contributed by atoms with Crippen molar-refractivity contribution in [3.05, 3.63) is 23.9 Å². The van der Waals surface area contributed by atoms with E-state index in [2.05, 4.69) is 4.98 Å². The first-order chi connectivity index (χ1) is 7.12. The molecule has 0 bridgehead atoms. The van der Waals surface area contributed by atoms with Gasteiger partial charge in [-0.05, 0) is 31.7 Å². The summed E-state index contributed by atoms with van der Waals surface area (Å²) in [7, 11) is 0. The van der Waals surface area contributed by atoms with Crippen molar-refractivity contribution < 1.29 is 5.11 Å². The zero-order valence-electron chi connectivity index (χ0n) is 8.69. The maximum atomic E-state index is 10.5. The van der Waals surface area contributed by atoms with E-state index in [9.17, 15) is 5.11 Å². The average molecular weight is 207 g/mol. The first-order valence-corrected chi connectivity index (χ1v) is 5.31. The Balaban J connectivity index is 2.26. The predicted molar refractivity (Wildman–Crippen MR) is 59.0 cm³/mol. The largest absolute Gasteiger partial charge is 0.385 e. The first-order valence-electron chi connectivity index (χ1n) is 5.31. The lowest BCUT2D eigenvalue weighted by molar-refractivity contribution is -0.00450. The van der Waals surface area contributed by atoms with Gasteiger partial charge >= 0.3 is 0 Å². The van der Waals surface area contributed by atoms with Crippen LogP contribution in [0.15, 0.2) is 18.3 Å². The molecule has 1 heterocycles. The Kier molecular flexibility index (Phi) is 2.63. The molecule has 0 aromatic carbocycles. The molecule has 0 amide bonds. The van der Waals surface area contributed by atoms with Crippen molar-refractivity contribution in [2.45, 2.75) is 37.3 Å². The summed E-state index contributed by atoms with van der Waals surface area (Å²) in [5, 5.41) is 10.5. The molecule has 1 aliphatic carbocycles. The summed E-state index contributed by atoms with van der Waals surface area (Å²) in [6.07, 6.45) is 4.65. The smallest absolute Gasteiger partial charge is 0.129 e. The lowest BCUT2D eigenvalue weighted by Crippen LogP contribution is -2.37. The fourth-order valence-corrected chi connectivity index (χ4v) is 2.20. The fourth-order valence-electron chi connectivity index (χ4n) is 2.20. The van der Waals surface area contributed by atoms with Gasteiger partial charge in [-0.15, -0.1) is 0 Å². The van der Waals surface area contributed by atoms with Gasteiger partial charge in [0.1, 0.15) is 5.82 Å². The maximum Gasteiger partial charge on any atom is 0.129 e. The van der Waals surface area contributed by atoms with Gasteiger partial charge in [-0.25, -0.2) is 4.98 Å². The third-order valence-corrected chi connectivity index (χ3v) is 3.20. The number of pyridine rings is 1. The van der Waals surface area contributed by atoms with E-state index in [0.29, 0.717) is 18.7 Å². The molecule has 82 valence electrons. The van der Waals surface area contributed by atoms with Gasteiger partial charge in [0.25, 0.3) is 0 Å². The average Bonchev–Trinajstić information content (AvgIpc) is 2.23. The number of rotatable bonds is 1. The summed E-state index contributed by atoms with van der Waals surface area (Å²) >= 11 is 0. The minimum atomic E-state index is -0.825. The summed E-state index contributed by atoms with van der Waals surface area (Å²) in [6, 6.07) is 3.86. The van der Waals surface area contributed by atoms with Gasteiger partial charge in [-0.3, -0.25) is 0 Å². The molecule has 1 aliphatic rings. The van der Waals surface area contributed by atoms with E-state index in [0.717, 1.165) is 18.4 Å². The molecule has 1 fully saturated rings. The van der Waals surface area contributed by atoms with Crippen molar-refractivity contribution in [2.24, 2.45) is 5.73 Å². The quantitative estimate of drug-likeness (QED) is 0.634. The van der Waals surface area contributed by atoms with Gasteiger partial charge in [0.2, 0.25) is 0 Å². The van der Waals surface area contributed by atoms with Crippen LogP contribution in [0.2, 0.25) is 0 Å². The second-order valence-electron chi connectivity index (χ2n) is 4.31. The molecule has 4 heteroatoms. The molecule has 0 unspecified atom stereocenters. The van der Waals surface area contributed by atoms with E-state index in [1.165, 1.54) is 0 Å². The van der Waals surface area contributed by atoms with E-state index in [-0.39, 0.29) is 6.04 Å². The zero-order chi connectivity index (χ0) is 10.9. The van der Waals surface area contributed by atoms with Crippen LogP contribution < -0.4 is 11.5 Å². The topological polar surface area (TPSA) is 85.2 Å². The van der Waals surface area contributed by atoms with Crippen molar-refractivity contribution in [3.8, 4) is 0 Å². The summed E-state index contributed by atoms with van der Waals surface area (Å²) in [5.41, 5.74) is 11.5. The van der Waals surface area contributed by atoms with E-state index < -0.39 is 5.60 Å². The first kappa shape index (κ1) is 10.4. The van der Waals surface area contributed by atoms with Crippen LogP contribution in [0.3, 0.4) is 0 Å². The highest BCUT2D eigenvalue weighted by molar-refractivity contribution is 5.43. The number of hydrogen-bond acceptors (Lipinski definition) is 4. The Bertz CT molecular complexity index is 345. The molecule has 15 heavy (non-hydrogen) atoms. The van der Waals surface area contributed by atoms with Crippen LogP contribution in [0.4, 0.5) is 5.82 Å². The number of nitrogens with two attached hydrogens (primary N) is 2. The maximum absolute atomic E-state index is 10.5. The SMILES string of the molecule is Nc1ncccc1C1(O)CCC(N)CC1. The lowest BCUT2D eigenvalue weighted by Gasteiger charge is -2.35. The Morgan fingerprint density at radius 2 is 2.07 bits per heavy atom. The van der Waals surface area contributed by atoms with Gasteiger partial charge < -0.3 is 16.6 Å². The highest BCUT2D eigenvalue weighted by atomic mass is 16.3. The van der Waals surface area contributed by atoms with Crippen molar-refractivity contribution in [1.82, 2.24) is 4.98 Å². The molecular weight excluding hydrogens is 190 g/mol. The van der Waals surface area contributed by atoms with Crippen LogP contribution in [-0.2, 0) is 5.60 Å². The molecule has 0 saturated heterocycles. The predicted octanol–water partition coefficient (Wildman–Crippen LogP) is 0.753. The van der Waals surface area contributed by atoms with Crippen molar-refractivity contribution in [3.63, 3.8) is 0 Å². The molecule has 0 aliphatic heterocycles. The molecular formula is C11H17N3O. The van der Waals surface area contributed by atoms with Crippen LogP contribution in [-0.4, -0.2) is 16.1 Å². The standard InChI is InChI=1S/C11H17N3O/c12-8-3-5-11(15,6-4-8)9-2-1-7-14-10(9)13/h1-2,7-8,15H,3-6,12H2,(H2,13,14). The van der Waals surface area contributed by atoms with Crippen molar-refractivity contribution in [2.75, 3.05) is 5.73 Å². The molecule has 0 spiro atoms. The second-order valence-corrected chi connectivity index (χ2v) is 4.31. The molecule has 0 radical (unpaired) electrons. The van der Waals surface area contributed by atoms with Crippen LogP contribution in [0.1, 0.15) is 31.2 Å². The van der Waals surface area contributed by atoms with E-state index in [1.54, 1.807) is 12.3 Å². The number of aromatic nitrogens is 1. The third kappa shape index (κ3) is 1.96. The van der Waals surface area contributed by atoms with Crippen molar-refractivity contribution in [1.29, 1.82) is 0 Å². The van der Waals surface area contributed by atoms with Gasteiger partial charge in [0.15, 0.2) is 0 Å². The van der Waals surface area contributed by atoms with Gasteiger partial charge in [-0.2, -0.15) is 0 Å². The summed E-state index contributed by atoms with van der Waals surface area (Å²) in [4.78, 5) is 4.01. The summed E-state index contributed by atoms with van der Waals surface area (Å²) in [6.45, 7) is 0. The highest BCUT2D eigenvalue weighted by Crippen LogP contribution is 2.38. The van der Waals surface area contributed by atoms with Crippen LogP contribution in [0.5, 0.6) is 0 Å². The summed E-state index contributed by atoms with van der Waals surface area (Å²) in [5.74, 6) is 0.426. The number of nitrogens with zero attached hydrogens (tertiary/aromatic N) is 1. The molecule has 1 aromatic rings. The fraction of sp³-hybridized carbons (Fsp3) is 0.545. The molecule has 2 rings (SSSR count). The summed E-state index contributed by atoms with van der Waals surface area (Å²) < 4.78 is 0. The number of aliphatic hydroxyl groups is 1. The third-order valence-electron chi connectivity index (χ3n) is 3.20. The molecule has 4 nitrogen and oxygen atoms in total. The molecule has 1 aromatic heterocycles. The monoisotopic (exact) mass is 207 g/mol. The van der Waals surface area contributed by atoms with Gasteiger partial charge in [-0.1, -0.05) is 6.07 Å². The zero-order valence-corrected chi connectivity index (χ0v) is 8.69. The minimum absolute atomic E-state index is 0.211. The van der Waals surface area contributed by atoms with E-state index in [1.807, 2.05) is 6.07 Å². The normalized spacial score (nSPS) is 31.5. The molecule has 5 N–H and O–H groups in total.